The normalized spacial score (nSPS) is 11.4. The van der Waals surface area contributed by atoms with E-state index in [4.69, 9.17) is 4.74 Å². The number of rotatable bonds is 6. The lowest BCUT2D eigenvalue weighted by Gasteiger charge is -2.05. The summed E-state index contributed by atoms with van der Waals surface area (Å²) in [6.45, 7) is 0.453. The number of benzene rings is 1. The summed E-state index contributed by atoms with van der Waals surface area (Å²) in [5, 5.41) is 13.8. The smallest absolute Gasteiger partial charge is 0.188 e. The average Bonchev–Trinajstić information content (AvgIpc) is 3.19. The molecule has 0 unspecified atom stereocenters. The summed E-state index contributed by atoms with van der Waals surface area (Å²) in [6, 6.07) is 9.56. The second kappa shape index (κ2) is 8.13. The molecule has 0 saturated heterocycles. The number of nitrogens with zero attached hydrogens (tertiary/aromatic N) is 7. The predicted octanol–water partition coefficient (Wildman–Crippen LogP) is 4.22. The Morgan fingerprint density at radius 1 is 1.18 bits per heavy atom. The number of fused-ring (bicyclic) bond motifs is 1. The second-order valence-electron chi connectivity index (χ2n) is 5.78. The van der Waals surface area contributed by atoms with Crippen LogP contribution in [0.25, 0.3) is 16.7 Å². The number of hydrogen-bond acceptors (Lipinski definition) is 8. The maximum Gasteiger partial charge on any atom is 0.188 e. The third-order valence-corrected chi connectivity index (χ3v) is 4.95. The molecule has 0 spiro atoms. The highest BCUT2D eigenvalue weighted by Crippen LogP contribution is 2.26. The minimum Gasteiger partial charge on any atom is -0.497 e. The van der Waals surface area contributed by atoms with E-state index in [0.29, 0.717) is 18.0 Å². The van der Waals surface area contributed by atoms with Crippen molar-refractivity contribution in [3.05, 3.63) is 60.8 Å². The molecule has 4 aromatic rings. The highest BCUT2D eigenvalue weighted by atomic mass is 32.2. The van der Waals surface area contributed by atoms with E-state index < -0.39 is 0 Å². The van der Waals surface area contributed by atoms with E-state index >= 15 is 0 Å². The van der Waals surface area contributed by atoms with Gasteiger partial charge in [0.25, 0.3) is 0 Å². The third kappa shape index (κ3) is 3.56. The first-order valence-corrected chi connectivity index (χ1v) is 9.70. The summed E-state index contributed by atoms with van der Waals surface area (Å²) in [5.74, 6) is 1.23. The van der Waals surface area contributed by atoms with E-state index in [1.54, 1.807) is 35.9 Å². The van der Waals surface area contributed by atoms with Gasteiger partial charge in [-0.1, -0.05) is 6.07 Å². The van der Waals surface area contributed by atoms with Gasteiger partial charge in [0.2, 0.25) is 0 Å². The largest absolute Gasteiger partial charge is 0.497 e. The van der Waals surface area contributed by atoms with E-state index in [0.717, 1.165) is 27.3 Å². The van der Waals surface area contributed by atoms with E-state index in [-0.39, 0.29) is 0 Å². The van der Waals surface area contributed by atoms with Gasteiger partial charge in [-0.15, -0.1) is 16.9 Å². The molecule has 3 heterocycles. The van der Waals surface area contributed by atoms with Crippen LogP contribution in [-0.2, 0) is 6.54 Å². The van der Waals surface area contributed by atoms with Crippen molar-refractivity contribution in [2.24, 2.45) is 10.2 Å². The zero-order valence-electron chi connectivity index (χ0n) is 15.4. The lowest BCUT2D eigenvalue weighted by molar-refractivity contribution is 0.414. The van der Waals surface area contributed by atoms with Crippen molar-refractivity contribution in [2.45, 2.75) is 11.4 Å². The van der Waals surface area contributed by atoms with E-state index in [1.165, 1.54) is 6.33 Å². The van der Waals surface area contributed by atoms with Gasteiger partial charge in [0.05, 0.1) is 30.9 Å². The number of aromatic nitrogens is 5. The van der Waals surface area contributed by atoms with Gasteiger partial charge in [-0.3, -0.25) is 4.98 Å². The minimum absolute atomic E-state index is 0.453. The fraction of sp³-hybridized carbons (Fsp3) is 0.158. The summed E-state index contributed by atoms with van der Waals surface area (Å²) < 4.78 is 7.02. The van der Waals surface area contributed by atoms with Crippen molar-refractivity contribution < 1.29 is 4.74 Å². The third-order valence-electron chi connectivity index (χ3n) is 4.14. The summed E-state index contributed by atoms with van der Waals surface area (Å²) >= 11 is 1.63. The molecule has 0 amide bonds. The molecule has 0 saturated carbocycles. The highest BCUT2D eigenvalue weighted by Gasteiger charge is 2.11. The van der Waals surface area contributed by atoms with Crippen LogP contribution in [0.1, 0.15) is 5.56 Å². The second-order valence-corrected chi connectivity index (χ2v) is 6.63. The van der Waals surface area contributed by atoms with Crippen LogP contribution in [0.15, 0.2) is 70.4 Å². The van der Waals surface area contributed by atoms with Crippen molar-refractivity contribution >= 4 is 28.6 Å². The topological polar surface area (TPSA) is 90.4 Å². The van der Waals surface area contributed by atoms with Crippen molar-refractivity contribution in [2.75, 3.05) is 13.4 Å². The van der Waals surface area contributed by atoms with Gasteiger partial charge in [-0.25, -0.2) is 14.6 Å². The average molecular weight is 391 g/mol. The Morgan fingerprint density at radius 3 is 2.96 bits per heavy atom. The molecule has 28 heavy (non-hydrogen) atoms. The first-order chi connectivity index (χ1) is 13.8. The number of methoxy groups -OCH3 is 1. The maximum atomic E-state index is 5.29. The van der Waals surface area contributed by atoms with E-state index in [1.807, 2.05) is 42.8 Å². The number of thioether (sulfide) groups is 1. The first-order valence-electron chi connectivity index (χ1n) is 8.47. The number of pyridine rings is 1. The van der Waals surface area contributed by atoms with Gasteiger partial charge in [0.15, 0.2) is 11.5 Å². The van der Waals surface area contributed by atoms with E-state index in [9.17, 15) is 0 Å². The van der Waals surface area contributed by atoms with E-state index in [2.05, 4.69) is 30.3 Å². The SMILES string of the molecule is COc1cccc(-n2ncc3c(N=NCc4ccncc4SC)ncnc32)c1. The van der Waals surface area contributed by atoms with Crippen molar-refractivity contribution in [3.63, 3.8) is 0 Å². The molecular weight excluding hydrogens is 374 g/mol. The Morgan fingerprint density at radius 2 is 2.11 bits per heavy atom. The molecule has 1 aromatic carbocycles. The zero-order valence-corrected chi connectivity index (χ0v) is 16.2. The number of azo groups is 1. The molecule has 0 aliphatic rings. The van der Waals surface area contributed by atoms with Crippen LogP contribution in [0.2, 0.25) is 0 Å². The Bertz CT molecular complexity index is 1140. The van der Waals surface area contributed by atoms with Gasteiger partial charge < -0.3 is 4.74 Å². The Labute approximate surface area is 165 Å². The fourth-order valence-corrected chi connectivity index (χ4v) is 3.31. The Balaban J connectivity index is 1.65. The van der Waals surface area contributed by atoms with Crippen LogP contribution in [0.4, 0.5) is 5.82 Å². The lowest BCUT2D eigenvalue weighted by Crippen LogP contribution is -1.98. The summed E-state index contributed by atoms with van der Waals surface area (Å²) in [7, 11) is 1.63. The maximum absolute atomic E-state index is 5.29. The molecule has 4 rings (SSSR count). The van der Waals surface area contributed by atoms with Crippen LogP contribution < -0.4 is 4.74 Å². The molecule has 9 heteroatoms. The Kier molecular flexibility index (Phi) is 5.24. The molecule has 0 radical (unpaired) electrons. The number of ether oxygens (including phenoxy) is 1. The summed E-state index contributed by atoms with van der Waals surface area (Å²) in [4.78, 5) is 13.8. The molecule has 0 aliphatic heterocycles. The molecule has 140 valence electrons. The van der Waals surface area contributed by atoms with Gasteiger partial charge in [0.1, 0.15) is 12.1 Å². The minimum atomic E-state index is 0.453. The van der Waals surface area contributed by atoms with Gasteiger partial charge >= 0.3 is 0 Å². The van der Waals surface area contributed by atoms with Gasteiger partial charge in [0, 0.05) is 23.4 Å². The predicted molar refractivity (Wildman–Crippen MR) is 107 cm³/mol. The molecule has 0 atom stereocenters. The van der Waals surface area contributed by atoms with Crippen LogP contribution in [0.3, 0.4) is 0 Å². The summed E-state index contributed by atoms with van der Waals surface area (Å²) in [6.07, 6.45) is 8.76. The zero-order chi connectivity index (χ0) is 19.3. The summed E-state index contributed by atoms with van der Waals surface area (Å²) in [5.41, 5.74) is 2.58. The molecule has 0 aliphatic carbocycles. The quantitative estimate of drug-likeness (QED) is 0.361. The van der Waals surface area contributed by atoms with Crippen LogP contribution in [-0.4, -0.2) is 38.1 Å². The molecule has 0 fully saturated rings. The van der Waals surface area contributed by atoms with Crippen molar-refractivity contribution in [3.8, 4) is 11.4 Å². The van der Waals surface area contributed by atoms with Crippen LogP contribution >= 0.6 is 11.8 Å². The highest BCUT2D eigenvalue weighted by molar-refractivity contribution is 7.98. The first kappa shape index (κ1) is 18.1. The molecular formula is C19H17N7OS. The monoisotopic (exact) mass is 391 g/mol. The molecule has 3 aromatic heterocycles. The standard InChI is InChI=1S/C19H17N7OS/c1-27-15-5-3-4-14(8-15)26-19-16(10-24-26)18(21-12-22-19)25-23-9-13-6-7-20-11-17(13)28-2/h3-8,10-12H,9H2,1-2H3. The molecule has 0 bridgehead atoms. The van der Waals surface area contributed by atoms with Crippen molar-refractivity contribution in [1.82, 2.24) is 24.7 Å². The number of hydrogen-bond donors (Lipinski definition) is 0. The van der Waals surface area contributed by atoms with Gasteiger partial charge in [-0.2, -0.15) is 10.2 Å². The molecule has 8 nitrogen and oxygen atoms in total. The van der Waals surface area contributed by atoms with Crippen LogP contribution in [0, 0.1) is 0 Å². The Hall–Kier alpha value is -3.33. The van der Waals surface area contributed by atoms with Crippen LogP contribution in [0.5, 0.6) is 5.75 Å². The molecule has 0 N–H and O–H groups in total. The fourth-order valence-electron chi connectivity index (χ4n) is 2.74. The lowest BCUT2D eigenvalue weighted by atomic mass is 10.3. The van der Waals surface area contributed by atoms with Gasteiger partial charge in [-0.05, 0) is 30.0 Å². The van der Waals surface area contributed by atoms with Crippen molar-refractivity contribution in [1.29, 1.82) is 0 Å².